The minimum absolute atomic E-state index is 0.00128. The average molecular weight is 684 g/mol. The minimum atomic E-state index is -0.556. The van der Waals surface area contributed by atoms with E-state index in [0.717, 1.165) is 52.2 Å². The van der Waals surface area contributed by atoms with Crippen LogP contribution in [0.1, 0.15) is 41.6 Å². The van der Waals surface area contributed by atoms with E-state index >= 15 is 0 Å². The molecule has 1 heterocycles. The summed E-state index contributed by atoms with van der Waals surface area (Å²) in [6.07, 6.45) is 1.08. The monoisotopic (exact) mass is 683 g/mol. The molecule has 0 bridgehead atoms. The Bertz CT molecular complexity index is 1860. The topological polar surface area (TPSA) is 92.3 Å². The van der Waals surface area contributed by atoms with Crippen molar-refractivity contribution in [1.29, 1.82) is 0 Å². The van der Waals surface area contributed by atoms with Crippen LogP contribution < -0.4 is 15.4 Å². The van der Waals surface area contributed by atoms with Crippen LogP contribution in [0.5, 0.6) is 11.5 Å². The van der Waals surface area contributed by atoms with Gasteiger partial charge in [-0.3, -0.25) is 0 Å². The van der Waals surface area contributed by atoms with E-state index in [1.165, 1.54) is 0 Å². The van der Waals surface area contributed by atoms with E-state index in [1.807, 2.05) is 103 Å². The van der Waals surface area contributed by atoms with Crippen LogP contribution in [0.4, 0.5) is 10.5 Å². The summed E-state index contributed by atoms with van der Waals surface area (Å²) in [6.45, 7) is 7.90. The van der Waals surface area contributed by atoms with Gasteiger partial charge in [-0.25, -0.2) is 4.79 Å². The number of urea groups is 1. The van der Waals surface area contributed by atoms with Gasteiger partial charge in [0.15, 0.2) is 6.29 Å². The van der Waals surface area contributed by atoms with Crippen LogP contribution in [-0.4, -0.2) is 42.3 Å². The lowest BCUT2D eigenvalue weighted by molar-refractivity contribution is -0.275. The van der Waals surface area contributed by atoms with Crippen molar-refractivity contribution in [3.05, 3.63) is 162 Å². The number of amides is 2. The van der Waals surface area contributed by atoms with Crippen molar-refractivity contribution in [3.63, 3.8) is 0 Å². The number of benzene rings is 5. The number of carbonyl (C=O) groups is 1. The van der Waals surface area contributed by atoms with Crippen molar-refractivity contribution in [3.8, 4) is 22.6 Å². The van der Waals surface area contributed by atoms with E-state index in [9.17, 15) is 9.90 Å². The third-order valence-electron chi connectivity index (χ3n) is 9.10. The number of carbonyl (C=O) groups excluding carboxylic acids is 1. The summed E-state index contributed by atoms with van der Waals surface area (Å²) in [5, 5.41) is 15.4. The maximum Gasteiger partial charge on any atom is 0.319 e. The molecule has 2 amide bonds. The van der Waals surface area contributed by atoms with E-state index in [2.05, 4.69) is 66.4 Å². The quantitative estimate of drug-likeness (QED) is 0.107. The number of nitrogens with zero attached hydrogens (tertiary/aromatic N) is 1. The predicted octanol–water partition coefficient (Wildman–Crippen LogP) is 8.87. The normalized spacial score (nSPS) is 18.6. The van der Waals surface area contributed by atoms with E-state index in [1.54, 1.807) is 0 Å². The van der Waals surface area contributed by atoms with Crippen LogP contribution in [0.3, 0.4) is 0 Å². The van der Waals surface area contributed by atoms with Crippen LogP contribution in [0.25, 0.3) is 11.1 Å². The Labute approximate surface area is 300 Å². The summed E-state index contributed by atoms with van der Waals surface area (Å²) in [7, 11) is 2.07. The van der Waals surface area contributed by atoms with Crippen LogP contribution in [0.15, 0.2) is 140 Å². The van der Waals surface area contributed by atoms with Gasteiger partial charge in [0, 0.05) is 36.8 Å². The van der Waals surface area contributed by atoms with Gasteiger partial charge < -0.3 is 34.9 Å². The highest BCUT2D eigenvalue weighted by molar-refractivity contribution is 5.89. The SMILES string of the molecule is C=CCN(C)C[C@H]1O[C@@H](c2ccc(-c3ccccc3CNC(=O)Nc3ccc(Oc4ccccc4)cc3)cc2)O[C@@H](c2ccc(CO)cc2)[C@H]1C. The molecular formula is C43H45N3O5. The molecule has 51 heavy (non-hydrogen) atoms. The Morgan fingerprint density at radius 2 is 1.51 bits per heavy atom. The van der Waals surface area contributed by atoms with Gasteiger partial charge in [0.05, 0.1) is 18.8 Å². The van der Waals surface area contributed by atoms with E-state index < -0.39 is 6.29 Å². The number of rotatable bonds is 13. The number of likely N-dealkylation sites (N-methyl/N-ethyl adjacent to an activating group) is 1. The van der Waals surface area contributed by atoms with Gasteiger partial charge in [-0.1, -0.05) is 104 Å². The zero-order valence-corrected chi connectivity index (χ0v) is 29.1. The molecule has 1 aliphatic rings. The van der Waals surface area contributed by atoms with Crippen molar-refractivity contribution in [1.82, 2.24) is 10.2 Å². The van der Waals surface area contributed by atoms with Crippen LogP contribution in [-0.2, 0) is 22.6 Å². The number of hydrogen-bond acceptors (Lipinski definition) is 6. The average Bonchev–Trinajstić information content (AvgIpc) is 3.16. The molecule has 4 atom stereocenters. The van der Waals surface area contributed by atoms with Crippen LogP contribution >= 0.6 is 0 Å². The molecule has 6 rings (SSSR count). The molecule has 0 radical (unpaired) electrons. The van der Waals surface area contributed by atoms with Gasteiger partial charge in [-0.15, -0.1) is 6.58 Å². The molecule has 0 saturated carbocycles. The molecule has 0 unspecified atom stereocenters. The highest BCUT2D eigenvalue weighted by Gasteiger charge is 2.38. The first kappa shape index (κ1) is 35.6. The summed E-state index contributed by atoms with van der Waals surface area (Å²) >= 11 is 0. The predicted molar refractivity (Wildman–Crippen MR) is 201 cm³/mol. The molecule has 1 aliphatic heterocycles. The first-order valence-electron chi connectivity index (χ1n) is 17.3. The van der Waals surface area contributed by atoms with Crippen molar-refractivity contribution >= 4 is 11.7 Å². The Hall–Kier alpha value is -5.25. The van der Waals surface area contributed by atoms with Gasteiger partial charge in [-0.05, 0) is 71.3 Å². The Balaban J connectivity index is 1.11. The van der Waals surface area contributed by atoms with E-state index in [0.29, 0.717) is 18.0 Å². The van der Waals surface area contributed by atoms with Gasteiger partial charge in [0.2, 0.25) is 0 Å². The first-order valence-corrected chi connectivity index (χ1v) is 17.3. The van der Waals surface area contributed by atoms with Crippen LogP contribution in [0.2, 0.25) is 0 Å². The third kappa shape index (κ3) is 9.31. The molecule has 0 aliphatic carbocycles. The highest BCUT2D eigenvalue weighted by Crippen LogP contribution is 2.42. The highest BCUT2D eigenvalue weighted by atomic mass is 16.7. The van der Waals surface area contributed by atoms with Gasteiger partial charge in [0.25, 0.3) is 0 Å². The fourth-order valence-corrected chi connectivity index (χ4v) is 6.29. The molecule has 1 saturated heterocycles. The smallest absolute Gasteiger partial charge is 0.319 e. The van der Waals surface area contributed by atoms with Gasteiger partial charge >= 0.3 is 6.03 Å². The number of nitrogens with one attached hydrogen (secondary N) is 2. The summed E-state index contributed by atoms with van der Waals surface area (Å²) in [5.74, 6) is 1.53. The lowest BCUT2D eigenvalue weighted by Gasteiger charge is -2.42. The van der Waals surface area contributed by atoms with Crippen molar-refractivity contribution in [2.75, 3.05) is 25.5 Å². The molecule has 8 nitrogen and oxygen atoms in total. The molecule has 5 aromatic rings. The fraction of sp³-hybridized carbons (Fsp3) is 0.233. The molecule has 262 valence electrons. The lowest BCUT2D eigenvalue weighted by atomic mass is 9.90. The maximum atomic E-state index is 12.8. The van der Waals surface area contributed by atoms with Crippen molar-refractivity contribution in [2.45, 2.75) is 38.6 Å². The summed E-state index contributed by atoms with van der Waals surface area (Å²) in [6, 6.07) is 40.8. The number of aliphatic hydroxyl groups excluding tert-OH is 1. The first-order chi connectivity index (χ1) is 24.9. The largest absolute Gasteiger partial charge is 0.457 e. The molecule has 0 aromatic heterocycles. The number of para-hydroxylation sites is 1. The molecule has 8 heteroatoms. The molecule has 0 spiro atoms. The van der Waals surface area contributed by atoms with Crippen molar-refractivity contribution < 1.29 is 24.1 Å². The Kier molecular flexibility index (Phi) is 11.9. The second-order valence-corrected chi connectivity index (χ2v) is 12.9. The summed E-state index contributed by atoms with van der Waals surface area (Å²) < 4.78 is 19.1. The van der Waals surface area contributed by atoms with Gasteiger partial charge in [-0.2, -0.15) is 0 Å². The minimum Gasteiger partial charge on any atom is -0.457 e. The zero-order valence-electron chi connectivity index (χ0n) is 29.1. The number of ether oxygens (including phenoxy) is 3. The molecule has 3 N–H and O–H groups in total. The zero-order chi connectivity index (χ0) is 35.6. The van der Waals surface area contributed by atoms with Crippen LogP contribution in [0, 0.1) is 5.92 Å². The summed E-state index contributed by atoms with van der Waals surface area (Å²) in [4.78, 5) is 15.0. The molecule has 5 aromatic carbocycles. The Morgan fingerprint density at radius 3 is 2.22 bits per heavy atom. The lowest BCUT2D eigenvalue weighted by Crippen LogP contribution is -2.43. The fourth-order valence-electron chi connectivity index (χ4n) is 6.29. The number of hydrogen-bond donors (Lipinski definition) is 3. The standard InChI is InChI=1S/C43H45N3O5/c1-4-26-46(3)28-40-30(2)41(33-16-14-31(29-47)15-17-33)51-42(50-40)34-20-18-32(19-21-34)39-13-9-8-10-35(39)27-44-43(48)45-36-22-24-38(25-23-36)49-37-11-6-5-7-12-37/h4-25,30,40-42,47H,1,26-29H2,2-3H3,(H2,44,45,48)/t30-,40+,41+,42+/m0/s1. The number of aliphatic hydroxyl groups is 1. The third-order valence-corrected chi connectivity index (χ3v) is 9.10. The molecule has 1 fully saturated rings. The second kappa shape index (κ2) is 17.1. The Morgan fingerprint density at radius 1 is 0.843 bits per heavy atom. The molecular weight excluding hydrogens is 638 g/mol. The number of anilines is 1. The summed E-state index contributed by atoms with van der Waals surface area (Å²) in [5.41, 5.74) is 6.54. The van der Waals surface area contributed by atoms with E-state index in [-0.39, 0.29) is 30.8 Å². The van der Waals surface area contributed by atoms with Gasteiger partial charge in [0.1, 0.15) is 11.5 Å². The van der Waals surface area contributed by atoms with Crippen molar-refractivity contribution in [2.24, 2.45) is 5.92 Å². The maximum absolute atomic E-state index is 12.8. The second-order valence-electron chi connectivity index (χ2n) is 12.9. The van der Waals surface area contributed by atoms with E-state index in [4.69, 9.17) is 14.2 Å².